The molecule has 0 radical (unpaired) electrons. The van der Waals surface area contributed by atoms with Crippen molar-refractivity contribution in [2.24, 2.45) is 7.05 Å². The standard InChI is InChI=1S/C26H31ClN8O/c1-33(2)11-10-28-25-21-9-4-18(16-23(21)34(3)32-25)22-17-24(29-20-7-5-19(27)6-8-20)31-26(30-22)35-12-14-36-15-13-35/h4-9,16-17H,10-15H2,1-3H3,(H,28,32)(H,29,30,31). The fraction of sp³-hybridized carbons (Fsp3) is 0.346. The first-order chi connectivity index (χ1) is 17.5. The number of rotatable bonds is 8. The topological polar surface area (TPSA) is 83.4 Å². The summed E-state index contributed by atoms with van der Waals surface area (Å²) in [5.74, 6) is 2.30. The second-order valence-electron chi connectivity index (χ2n) is 9.10. The van der Waals surface area contributed by atoms with E-state index in [1.54, 1.807) is 0 Å². The van der Waals surface area contributed by atoms with Gasteiger partial charge in [0.05, 0.1) is 24.4 Å². The van der Waals surface area contributed by atoms with Gasteiger partial charge in [0.2, 0.25) is 5.95 Å². The monoisotopic (exact) mass is 506 g/mol. The highest BCUT2D eigenvalue weighted by molar-refractivity contribution is 6.30. The number of ether oxygens (including phenoxy) is 1. The predicted molar refractivity (Wildman–Crippen MR) is 147 cm³/mol. The summed E-state index contributed by atoms with van der Waals surface area (Å²) < 4.78 is 7.44. The van der Waals surface area contributed by atoms with Gasteiger partial charge in [-0.2, -0.15) is 10.1 Å². The highest BCUT2D eigenvalue weighted by Gasteiger charge is 2.18. The van der Waals surface area contributed by atoms with E-state index in [0.717, 1.165) is 65.7 Å². The SMILES string of the molecule is CN(C)CCNc1nn(C)c2cc(-c3cc(Nc4ccc(Cl)cc4)nc(N4CCOCC4)n3)ccc12. The Balaban J connectivity index is 1.49. The zero-order valence-electron chi connectivity index (χ0n) is 20.8. The van der Waals surface area contributed by atoms with Gasteiger partial charge in [0, 0.05) is 61.0 Å². The molecule has 2 aromatic carbocycles. The van der Waals surface area contributed by atoms with E-state index in [1.807, 2.05) is 42.1 Å². The highest BCUT2D eigenvalue weighted by atomic mass is 35.5. The number of nitrogens with zero attached hydrogens (tertiary/aromatic N) is 6. The van der Waals surface area contributed by atoms with E-state index < -0.39 is 0 Å². The van der Waals surface area contributed by atoms with Gasteiger partial charge < -0.3 is 25.2 Å². The maximum absolute atomic E-state index is 6.07. The minimum Gasteiger partial charge on any atom is -0.378 e. The average molecular weight is 507 g/mol. The first-order valence-electron chi connectivity index (χ1n) is 12.1. The summed E-state index contributed by atoms with van der Waals surface area (Å²) >= 11 is 6.07. The Labute approximate surface area is 216 Å². The van der Waals surface area contributed by atoms with Crippen molar-refractivity contribution in [2.75, 3.05) is 69.0 Å². The Morgan fingerprint density at radius 1 is 1.03 bits per heavy atom. The maximum atomic E-state index is 6.07. The van der Waals surface area contributed by atoms with Gasteiger partial charge in [-0.25, -0.2) is 4.98 Å². The smallest absolute Gasteiger partial charge is 0.228 e. The molecule has 2 aromatic heterocycles. The molecule has 3 heterocycles. The van der Waals surface area contributed by atoms with Crippen LogP contribution in [0.3, 0.4) is 0 Å². The number of aromatic nitrogens is 4. The van der Waals surface area contributed by atoms with Gasteiger partial charge in [-0.3, -0.25) is 4.68 Å². The molecule has 1 aliphatic rings. The van der Waals surface area contributed by atoms with Gasteiger partial charge in [0.25, 0.3) is 0 Å². The first-order valence-corrected chi connectivity index (χ1v) is 12.4. The number of benzene rings is 2. The summed E-state index contributed by atoms with van der Waals surface area (Å²) in [5, 5.41) is 13.3. The Kier molecular flexibility index (Phi) is 7.22. The maximum Gasteiger partial charge on any atom is 0.228 e. The summed E-state index contributed by atoms with van der Waals surface area (Å²) in [4.78, 5) is 14.1. The first kappa shape index (κ1) is 24.3. The Hall–Kier alpha value is -3.40. The molecule has 2 N–H and O–H groups in total. The number of anilines is 4. The summed E-state index contributed by atoms with van der Waals surface area (Å²) in [6, 6.07) is 15.9. The lowest BCUT2D eigenvalue weighted by molar-refractivity contribution is 0.122. The third-order valence-electron chi connectivity index (χ3n) is 6.12. The van der Waals surface area contributed by atoms with E-state index in [1.165, 1.54) is 0 Å². The molecular weight excluding hydrogens is 476 g/mol. The summed E-state index contributed by atoms with van der Waals surface area (Å²) in [6.45, 7) is 4.61. The van der Waals surface area contributed by atoms with Crippen molar-refractivity contribution in [3.8, 4) is 11.3 Å². The molecule has 0 unspecified atom stereocenters. The molecule has 0 bridgehead atoms. The van der Waals surface area contributed by atoms with E-state index in [0.29, 0.717) is 24.2 Å². The number of morpholine rings is 1. The molecule has 1 aliphatic heterocycles. The van der Waals surface area contributed by atoms with E-state index in [4.69, 9.17) is 31.4 Å². The number of likely N-dealkylation sites (N-methyl/N-ethyl adjacent to an activating group) is 1. The van der Waals surface area contributed by atoms with Crippen LogP contribution in [0, 0.1) is 0 Å². The Morgan fingerprint density at radius 2 is 1.81 bits per heavy atom. The van der Waals surface area contributed by atoms with Crippen LogP contribution in [-0.2, 0) is 11.8 Å². The van der Waals surface area contributed by atoms with E-state index in [2.05, 4.69) is 52.7 Å². The van der Waals surface area contributed by atoms with E-state index >= 15 is 0 Å². The Bertz CT molecular complexity index is 1330. The van der Waals surface area contributed by atoms with Crippen LogP contribution >= 0.6 is 11.6 Å². The molecule has 10 heteroatoms. The quantitative estimate of drug-likeness (QED) is 0.367. The van der Waals surface area contributed by atoms with Crippen LogP contribution < -0.4 is 15.5 Å². The molecule has 9 nitrogen and oxygen atoms in total. The number of hydrogen-bond donors (Lipinski definition) is 2. The fourth-order valence-electron chi connectivity index (χ4n) is 4.18. The van der Waals surface area contributed by atoms with Crippen LogP contribution in [0.15, 0.2) is 48.5 Å². The van der Waals surface area contributed by atoms with Crippen LogP contribution in [0.5, 0.6) is 0 Å². The van der Waals surface area contributed by atoms with E-state index in [-0.39, 0.29) is 0 Å². The van der Waals surface area contributed by atoms with Gasteiger partial charge in [0.1, 0.15) is 5.82 Å². The van der Waals surface area contributed by atoms with Crippen LogP contribution in [-0.4, -0.2) is 78.1 Å². The molecule has 0 aliphatic carbocycles. The van der Waals surface area contributed by atoms with Gasteiger partial charge >= 0.3 is 0 Å². The summed E-state index contributed by atoms with van der Waals surface area (Å²) in [7, 11) is 6.09. The van der Waals surface area contributed by atoms with Crippen LogP contribution in [0.2, 0.25) is 5.02 Å². The van der Waals surface area contributed by atoms with Gasteiger partial charge in [-0.1, -0.05) is 17.7 Å². The average Bonchev–Trinajstić information content (AvgIpc) is 3.20. The highest BCUT2D eigenvalue weighted by Crippen LogP contribution is 2.30. The van der Waals surface area contributed by atoms with Crippen molar-refractivity contribution in [3.05, 3.63) is 53.6 Å². The van der Waals surface area contributed by atoms with Crippen LogP contribution in [0.25, 0.3) is 22.2 Å². The number of nitrogens with one attached hydrogen (secondary N) is 2. The fourth-order valence-corrected chi connectivity index (χ4v) is 4.30. The number of hydrogen-bond acceptors (Lipinski definition) is 8. The molecule has 0 atom stereocenters. The lowest BCUT2D eigenvalue weighted by Gasteiger charge is -2.27. The van der Waals surface area contributed by atoms with Gasteiger partial charge in [-0.15, -0.1) is 0 Å². The normalized spacial score (nSPS) is 14.0. The molecule has 1 fully saturated rings. The van der Waals surface area contributed by atoms with Crippen molar-refractivity contribution in [2.45, 2.75) is 0 Å². The summed E-state index contributed by atoms with van der Waals surface area (Å²) in [6.07, 6.45) is 0. The summed E-state index contributed by atoms with van der Waals surface area (Å²) in [5.41, 5.74) is 3.79. The zero-order valence-corrected chi connectivity index (χ0v) is 21.6. The van der Waals surface area contributed by atoms with Crippen LogP contribution in [0.1, 0.15) is 0 Å². The minimum atomic E-state index is 0.665. The molecule has 36 heavy (non-hydrogen) atoms. The van der Waals surface area contributed by atoms with E-state index in [9.17, 15) is 0 Å². The van der Waals surface area contributed by atoms with Crippen molar-refractivity contribution >= 4 is 45.8 Å². The third kappa shape index (κ3) is 5.53. The largest absolute Gasteiger partial charge is 0.378 e. The minimum absolute atomic E-state index is 0.665. The van der Waals surface area contributed by atoms with Crippen LogP contribution in [0.4, 0.5) is 23.3 Å². The lowest BCUT2D eigenvalue weighted by Crippen LogP contribution is -2.37. The lowest BCUT2D eigenvalue weighted by atomic mass is 10.1. The molecule has 0 saturated carbocycles. The molecule has 0 amide bonds. The van der Waals surface area contributed by atoms with Crippen molar-refractivity contribution in [1.82, 2.24) is 24.6 Å². The zero-order chi connectivity index (χ0) is 25.1. The molecule has 1 saturated heterocycles. The van der Waals surface area contributed by atoms with Crippen molar-refractivity contribution < 1.29 is 4.74 Å². The third-order valence-corrected chi connectivity index (χ3v) is 6.38. The molecule has 188 valence electrons. The number of halogens is 1. The Morgan fingerprint density at radius 3 is 2.56 bits per heavy atom. The van der Waals surface area contributed by atoms with Gasteiger partial charge in [-0.05, 0) is 50.5 Å². The van der Waals surface area contributed by atoms with Crippen molar-refractivity contribution in [1.29, 1.82) is 0 Å². The molecule has 0 spiro atoms. The molecular formula is C26H31ClN8O. The number of aryl methyl sites for hydroxylation is 1. The molecule has 4 aromatic rings. The van der Waals surface area contributed by atoms with Gasteiger partial charge in [0.15, 0.2) is 5.82 Å². The van der Waals surface area contributed by atoms with Crippen molar-refractivity contribution in [3.63, 3.8) is 0 Å². The number of fused-ring (bicyclic) bond motifs is 1. The second-order valence-corrected chi connectivity index (χ2v) is 9.54. The molecule has 5 rings (SSSR count). The second kappa shape index (κ2) is 10.7. The predicted octanol–water partition coefficient (Wildman–Crippen LogP) is 4.24.